The Morgan fingerprint density at radius 3 is 2.48 bits per heavy atom. The highest BCUT2D eigenvalue weighted by Gasteiger charge is 2.12. The van der Waals surface area contributed by atoms with Crippen LogP contribution in [0.5, 0.6) is 0 Å². The number of hydrogen-bond donors (Lipinski definition) is 1. The molecule has 2 aromatic rings. The zero-order valence-electron chi connectivity index (χ0n) is 13.1. The zero-order chi connectivity index (χ0) is 15.2. The second-order valence-corrected chi connectivity index (χ2v) is 5.58. The first-order chi connectivity index (χ1) is 10.1. The van der Waals surface area contributed by atoms with Gasteiger partial charge in [-0.05, 0) is 61.6 Å². The maximum Gasteiger partial charge on any atom is 0.126 e. The van der Waals surface area contributed by atoms with Gasteiger partial charge in [0.05, 0.1) is 0 Å². The fourth-order valence-electron chi connectivity index (χ4n) is 2.65. The van der Waals surface area contributed by atoms with Crippen molar-refractivity contribution in [3.63, 3.8) is 0 Å². The normalized spacial score (nSPS) is 12.4. The van der Waals surface area contributed by atoms with Crippen molar-refractivity contribution in [3.8, 4) is 0 Å². The van der Waals surface area contributed by atoms with E-state index in [9.17, 15) is 4.39 Å². The van der Waals surface area contributed by atoms with Crippen LogP contribution in [-0.4, -0.2) is 6.54 Å². The van der Waals surface area contributed by atoms with Crippen LogP contribution in [0.15, 0.2) is 42.5 Å². The Bertz CT molecular complexity index is 592. The Balaban J connectivity index is 2.12. The van der Waals surface area contributed by atoms with Crippen LogP contribution < -0.4 is 5.32 Å². The van der Waals surface area contributed by atoms with Gasteiger partial charge in [-0.2, -0.15) is 0 Å². The van der Waals surface area contributed by atoms with E-state index in [-0.39, 0.29) is 11.9 Å². The standard InChI is InChI=1S/C19H24FN/c1-4-21-19(17-10-9-15(3)18(20)13-17)12-11-16-8-6-5-7-14(16)2/h5-10,13,19,21H,4,11-12H2,1-3H3. The Morgan fingerprint density at radius 2 is 1.81 bits per heavy atom. The van der Waals surface area contributed by atoms with Crippen LogP contribution in [0.2, 0.25) is 0 Å². The lowest BCUT2D eigenvalue weighted by Gasteiger charge is -2.19. The Kier molecular flexibility index (Phi) is 5.51. The van der Waals surface area contributed by atoms with Crippen LogP contribution in [-0.2, 0) is 6.42 Å². The molecule has 0 aliphatic heterocycles. The van der Waals surface area contributed by atoms with E-state index in [1.165, 1.54) is 11.1 Å². The lowest BCUT2D eigenvalue weighted by molar-refractivity contribution is 0.510. The molecule has 0 aliphatic carbocycles. The predicted molar refractivity (Wildman–Crippen MR) is 87.1 cm³/mol. The molecule has 0 aromatic heterocycles. The van der Waals surface area contributed by atoms with E-state index in [0.29, 0.717) is 5.56 Å². The summed E-state index contributed by atoms with van der Waals surface area (Å²) in [6, 6.07) is 14.2. The molecule has 0 bridgehead atoms. The fourth-order valence-corrected chi connectivity index (χ4v) is 2.65. The molecule has 1 N–H and O–H groups in total. The molecule has 0 aliphatic rings. The first-order valence-electron chi connectivity index (χ1n) is 7.65. The first-order valence-corrected chi connectivity index (χ1v) is 7.65. The topological polar surface area (TPSA) is 12.0 Å². The summed E-state index contributed by atoms with van der Waals surface area (Å²) in [6.45, 7) is 6.91. The summed E-state index contributed by atoms with van der Waals surface area (Å²) in [5, 5.41) is 3.47. The van der Waals surface area contributed by atoms with E-state index in [1.54, 1.807) is 13.0 Å². The summed E-state index contributed by atoms with van der Waals surface area (Å²) >= 11 is 0. The molecule has 2 heteroatoms. The SMILES string of the molecule is CCNC(CCc1ccccc1C)c1ccc(C)c(F)c1. The van der Waals surface area contributed by atoms with Crippen molar-refractivity contribution in [1.82, 2.24) is 5.32 Å². The van der Waals surface area contributed by atoms with E-state index in [4.69, 9.17) is 0 Å². The molecule has 0 saturated carbocycles. The lowest BCUT2D eigenvalue weighted by atomic mass is 9.96. The van der Waals surface area contributed by atoms with E-state index in [2.05, 4.69) is 43.4 Å². The number of benzene rings is 2. The van der Waals surface area contributed by atoms with Crippen molar-refractivity contribution < 1.29 is 4.39 Å². The third-order valence-corrected chi connectivity index (χ3v) is 4.01. The summed E-state index contributed by atoms with van der Waals surface area (Å²) < 4.78 is 13.8. The van der Waals surface area contributed by atoms with Gasteiger partial charge < -0.3 is 5.32 Å². The molecule has 1 unspecified atom stereocenters. The summed E-state index contributed by atoms with van der Waals surface area (Å²) in [6.07, 6.45) is 1.97. The van der Waals surface area contributed by atoms with Gasteiger partial charge in [-0.25, -0.2) is 4.39 Å². The van der Waals surface area contributed by atoms with Crippen molar-refractivity contribution in [2.24, 2.45) is 0 Å². The summed E-state index contributed by atoms with van der Waals surface area (Å²) in [7, 11) is 0. The van der Waals surface area contributed by atoms with Crippen LogP contribution >= 0.6 is 0 Å². The maximum absolute atomic E-state index is 13.8. The number of halogens is 1. The molecule has 112 valence electrons. The van der Waals surface area contributed by atoms with E-state index in [1.807, 2.05) is 12.1 Å². The fraction of sp³-hybridized carbons (Fsp3) is 0.368. The Labute approximate surface area is 127 Å². The quantitative estimate of drug-likeness (QED) is 0.809. The van der Waals surface area contributed by atoms with Gasteiger partial charge in [0, 0.05) is 6.04 Å². The molecule has 0 amide bonds. The molecule has 2 rings (SSSR count). The summed E-state index contributed by atoms with van der Waals surface area (Å²) in [5.41, 5.74) is 4.43. The largest absolute Gasteiger partial charge is 0.310 e. The van der Waals surface area contributed by atoms with Gasteiger partial charge >= 0.3 is 0 Å². The average Bonchev–Trinajstić information content (AvgIpc) is 2.48. The van der Waals surface area contributed by atoms with Gasteiger partial charge in [0.25, 0.3) is 0 Å². The van der Waals surface area contributed by atoms with Gasteiger partial charge in [-0.3, -0.25) is 0 Å². The molecule has 1 nitrogen and oxygen atoms in total. The zero-order valence-corrected chi connectivity index (χ0v) is 13.1. The van der Waals surface area contributed by atoms with Crippen molar-refractivity contribution in [2.45, 2.75) is 39.7 Å². The molecule has 0 saturated heterocycles. The average molecular weight is 285 g/mol. The molecular weight excluding hydrogens is 261 g/mol. The number of hydrogen-bond acceptors (Lipinski definition) is 1. The smallest absolute Gasteiger partial charge is 0.126 e. The molecule has 21 heavy (non-hydrogen) atoms. The molecule has 0 heterocycles. The lowest BCUT2D eigenvalue weighted by Crippen LogP contribution is -2.21. The van der Waals surface area contributed by atoms with Crippen LogP contribution in [0, 0.1) is 19.7 Å². The minimum atomic E-state index is -0.119. The second kappa shape index (κ2) is 7.37. The highest BCUT2D eigenvalue weighted by atomic mass is 19.1. The maximum atomic E-state index is 13.8. The van der Waals surface area contributed by atoms with Gasteiger partial charge in [-0.15, -0.1) is 0 Å². The number of nitrogens with one attached hydrogen (secondary N) is 1. The number of rotatable bonds is 6. The van der Waals surface area contributed by atoms with E-state index >= 15 is 0 Å². The van der Waals surface area contributed by atoms with Crippen LogP contribution in [0.4, 0.5) is 4.39 Å². The van der Waals surface area contributed by atoms with Gasteiger partial charge in [0.1, 0.15) is 5.82 Å². The molecule has 1 atom stereocenters. The Morgan fingerprint density at radius 1 is 1.05 bits per heavy atom. The molecule has 2 aromatic carbocycles. The third kappa shape index (κ3) is 4.15. The molecule has 0 radical (unpaired) electrons. The van der Waals surface area contributed by atoms with E-state index < -0.39 is 0 Å². The monoisotopic (exact) mass is 285 g/mol. The predicted octanol–water partition coefficient (Wildman–Crippen LogP) is 4.73. The third-order valence-electron chi connectivity index (χ3n) is 4.01. The van der Waals surface area contributed by atoms with Gasteiger partial charge in [-0.1, -0.05) is 43.3 Å². The van der Waals surface area contributed by atoms with E-state index in [0.717, 1.165) is 24.9 Å². The van der Waals surface area contributed by atoms with Crippen LogP contribution in [0.25, 0.3) is 0 Å². The molecular formula is C19H24FN. The van der Waals surface area contributed by atoms with Crippen molar-refractivity contribution in [1.29, 1.82) is 0 Å². The van der Waals surface area contributed by atoms with Gasteiger partial charge in [0.2, 0.25) is 0 Å². The second-order valence-electron chi connectivity index (χ2n) is 5.58. The first kappa shape index (κ1) is 15.7. The Hall–Kier alpha value is -1.67. The molecule has 0 spiro atoms. The number of aryl methyl sites for hydroxylation is 3. The minimum absolute atomic E-state index is 0.119. The molecule has 0 fully saturated rings. The van der Waals surface area contributed by atoms with Crippen molar-refractivity contribution in [3.05, 3.63) is 70.5 Å². The van der Waals surface area contributed by atoms with Crippen LogP contribution in [0.3, 0.4) is 0 Å². The highest BCUT2D eigenvalue weighted by molar-refractivity contribution is 5.28. The minimum Gasteiger partial charge on any atom is -0.310 e. The van der Waals surface area contributed by atoms with Crippen molar-refractivity contribution in [2.75, 3.05) is 6.54 Å². The summed E-state index contributed by atoms with van der Waals surface area (Å²) in [4.78, 5) is 0. The highest BCUT2D eigenvalue weighted by Crippen LogP contribution is 2.22. The summed E-state index contributed by atoms with van der Waals surface area (Å²) in [5.74, 6) is -0.119. The van der Waals surface area contributed by atoms with Crippen molar-refractivity contribution >= 4 is 0 Å². The van der Waals surface area contributed by atoms with Crippen LogP contribution in [0.1, 0.15) is 41.6 Å². The van der Waals surface area contributed by atoms with Gasteiger partial charge in [0.15, 0.2) is 0 Å².